The van der Waals surface area contributed by atoms with Crippen molar-refractivity contribution in [2.45, 2.75) is 31.7 Å². The Morgan fingerprint density at radius 2 is 1.59 bits per heavy atom. The summed E-state index contributed by atoms with van der Waals surface area (Å²) in [4.78, 5) is 29.6. The van der Waals surface area contributed by atoms with Crippen LogP contribution in [-0.2, 0) is 4.79 Å². The first kappa shape index (κ1) is 22.6. The van der Waals surface area contributed by atoms with Crippen molar-refractivity contribution in [3.8, 4) is 0 Å². The molecule has 0 spiro atoms. The molecule has 0 bridgehead atoms. The second-order valence-corrected chi connectivity index (χ2v) is 8.99. The lowest BCUT2D eigenvalue weighted by Gasteiger charge is -2.33. The van der Waals surface area contributed by atoms with Gasteiger partial charge < -0.3 is 15.5 Å². The fourth-order valence-corrected chi connectivity index (χ4v) is 4.91. The average Bonchev–Trinajstić information content (AvgIpc) is 3.35. The molecule has 2 aromatic rings. The number of halogens is 1. The van der Waals surface area contributed by atoms with Gasteiger partial charge in [0.1, 0.15) is 0 Å². The van der Waals surface area contributed by atoms with Crippen LogP contribution in [0.5, 0.6) is 0 Å². The van der Waals surface area contributed by atoms with E-state index in [1.807, 2.05) is 48.5 Å². The highest BCUT2D eigenvalue weighted by atomic mass is 35.5. The first-order valence-electron chi connectivity index (χ1n) is 11.5. The van der Waals surface area contributed by atoms with Crippen molar-refractivity contribution in [2.24, 2.45) is 5.92 Å². The number of piperidine rings is 1. The largest absolute Gasteiger partial charge is 0.354 e. The van der Waals surface area contributed by atoms with Gasteiger partial charge in [0.25, 0.3) is 0 Å². The minimum absolute atomic E-state index is 0.0683. The van der Waals surface area contributed by atoms with Crippen molar-refractivity contribution in [1.82, 2.24) is 15.1 Å². The lowest BCUT2D eigenvalue weighted by Crippen LogP contribution is -2.45. The summed E-state index contributed by atoms with van der Waals surface area (Å²) in [6, 6.07) is 17.3. The van der Waals surface area contributed by atoms with Crippen LogP contribution in [0.1, 0.15) is 37.3 Å². The van der Waals surface area contributed by atoms with Crippen LogP contribution in [0.15, 0.2) is 54.6 Å². The number of rotatable bonds is 6. The summed E-state index contributed by atoms with van der Waals surface area (Å²) >= 11 is 6.48. The van der Waals surface area contributed by atoms with E-state index in [1.165, 1.54) is 12.8 Å². The van der Waals surface area contributed by atoms with Crippen molar-refractivity contribution in [3.05, 3.63) is 65.2 Å². The van der Waals surface area contributed by atoms with Gasteiger partial charge in [-0.25, -0.2) is 4.79 Å². The summed E-state index contributed by atoms with van der Waals surface area (Å²) in [5.41, 5.74) is 1.86. The molecule has 4 rings (SSSR count). The molecule has 2 aliphatic rings. The molecule has 0 aromatic heterocycles. The minimum Gasteiger partial charge on any atom is -0.354 e. The summed E-state index contributed by atoms with van der Waals surface area (Å²) < 4.78 is 0. The third-order valence-corrected chi connectivity index (χ3v) is 6.84. The zero-order valence-electron chi connectivity index (χ0n) is 18.3. The summed E-state index contributed by atoms with van der Waals surface area (Å²) in [6.07, 6.45) is 3.71. The Hall–Kier alpha value is -2.57. The van der Waals surface area contributed by atoms with Crippen LogP contribution < -0.4 is 10.6 Å². The van der Waals surface area contributed by atoms with Gasteiger partial charge in [0, 0.05) is 36.3 Å². The zero-order chi connectivity index (χ0) is 22.3. The summed E-state index contributed by atoms with van der Waals surface area (Å²) in [5.74, 6) is 0.00520. The van der Waals surface area contributed by atoms with Crippen molar-refractivity contribution in [1.29, 1.82) is 0 Å². The van der Waals surface area contributed by atoms with Gasteiger partial charge in [-0.05, 0) is 62.5 Å². The van der Waals surface area contributed by atoms with E-state index in [1.54, 1.807) is 4.90 Å². The van der Waals surface area contributed by atoms with E-state index in [-0.39, 0.29) is 23.9 Å². The van der Waals surface area contributed by atoms with Crippen LogP contribution in [0.3, 0.4) is 0 Å². The summed E-state index contributed by atoms with van der Waals surface area (Å²) in [6.45, 7) is 3.77. The molecule has 1 atom stereocenters. The molecule has 2 N–H and O–H groups in total. The number of nitrogens with one attached hydrogen (secondary N) is 2. The molecule has 2 heterocycles. The predicted octanol–water partition coefficient (Wildman–Crippen LogP) is 4.54. The second-order valence-electron chi connectivity index (χ2n) is 8.58. The van der Waals surface area contributed by atoms with Gasteiger partial charge in [-0.15, -0.1) is 0 Å². The van der Waals surface area contributed by atoms with Crippen LogP contribution >= 0.6 is 11.6 Å². The summed E-state index contributed by atoms with van der Waals surface area (Å²) in [5, 5.41) is 6.85. The molecular weight excluding hydrogens is 424 g/mol. The zero-order valence-corrected chi connectivity index (χ0v) is 19.1. The SMILES string of the molecule is O=C(NC[C@H](c1ccccc1Cl)N1CCCC1)C1CCN(C(=O)Nc2ccccc2)CC1. The number of hydrogen-bond acceptors (Lipinski definition) is 3. The molecule has 7 heteroatoms. The number of benzene rings is 2. The standard InChI is InChI=1S/C25H31ClN4O2/c26-22-11-5-4-10-21(22)23(29-14-6-7-15-29)18-27-24(31)19-12-16-30(17-13-19)25(32)28-20-8-2-1-3-9-20/h1-5,8-11,19,23H,6-7,12-18H2,(H,27,31)(H,28,32)/t23-/m1/s1. The number of carbonyl (C=O) groups excluding carboxylic acids is 2. The molecule has 2 fully saturated rings. The number of likely N-dealkylation sites (tertiary alicyclic amines) is 2. The molecule has 2 aliphatic heterocycles. The number of para-hydroxylation sites is 1. The monoisotopic (exact) mass is 454 g/mol. The van der Waals surface area contributed by atoms with Gasteiger partial charge in [0.05, 0.1) is 6.04 Å². The Labute approximate surface area is 194 Å². The van der Waals surface area contributed by atoms with Crippen LogP contribution in [0, 0.1) is 5.92 Å². The predicted molar refractivity (Wildman–Crippen MR) is 128 cm³/mol. The number of amides is 3. The lowest BCUT2D eigenvalue weighted by atomic mass is 9.95. The minimum atomic E-state index is -0.108. The van der Waals surface area contributed by atoms with Crippen LogP contribution in [-0.4, -0.2) is 54.5 Å². The van der Waals surface area contributed by atoms with Gasteiger partial charge in [0.2, 0.25) is 5.91 Å². The van der Waals surface area contributed by atoms with Crippen LogP contribution in [0.25, 0.3) is 0 Å². The fraction of sp³-hybridized carbons (Fsp3) is 0.440. The Kier molecular flexibility index (Phi) is 7.66. The fourth-order valence-electron chi connectivity index (χ4n) is 4.64. The van der Waals surface area contributed by atoms with Gasteiger partial charge in [0.15, 0.2) is 0 Å². The molecule has 170 valence electrons. The van der Waals surface area contributed by atoms with Crippen molar-refractivity contribution < 1.29 is 9.59 Å². The first-order valence-corrected chi connectivity index (χ1v) is 11.9. The molecular formula is C25H31ClN4O2. The maximum atomic E-state index is 12.9. The Balaban J connectivity index is 1.29. The van der Waals surface area contributed by atoms with Crippen LogP contribution in [0.4, 0.5) is 10.5 Å². The summed E-state index contributed by atoms with van der Waals surface area (Å²) in [7, 11) is 0. The maximum Gasteiger partial charge on any atom is 0.321 e. The highest BCUT2D eigenvalue weighted by Gasteiger charge is 2.30. The molecule has 0 saturated carbocycles. The molecule has 0 radical (unpaired) electrons. The van der Waals surface area contributed by atoms with E-state index in [0.29, 0.717) is 32.5 Å². The Morgan fingerprint density at radius 3 is 2.28 bits per heavy atom. The molecule has 2 aromatic carbocycles. The third-order valence-electron chi connectivity index (χ3n) is 6.49. The first-order chi connectivity index (χ1) is 15.6. The van der Waals surface area contributed by atoms with Gasteiger partial charge in [-0.2, -0.15) is 0 Å². The van der Waals surface area contributed by atoms with Gasteiger partial charge in [-0.1, -0.05) is 48.0 Å². The van der Waals surface area contributed by atoms with E-state index in [9.17, 15) is 9.59 Å². The Bertz CT molecular complexity index is 909. The highest BCUT2D eigenvalue weighted by molar-refractivity contribution is 6.31. The second kappa shape index (κ2) is 10.8. The van der Waals surface area contributed by atoms with E-state index in [4.69, 9.17) is 11.6 Å². The molecule has 3 amide bonds. The topological polar surface area (TPSA) is 64.7 Å². The molecule has 0 aliphatic carbocycles. The smallest absolute Gasteiger partial charge is 0.321 e. The number of carbonyl (C=O) groups is 2. The van der Waals surface area contributed by atoms with E-state index >= 15 is 0 Å². The maximum absolute atomic E-state index is 12.9. The van der Waals surface area contributed by atoms with Gasteiger partial charge in [-0.3, -0.25) is 9.69 Å². The van der Waals surface area contributed by atoms with Crippen molar-refractivity contribution in [2.75, 3.05) is 38.0 Å². The molecule has 6 nitrogen and oxygen atoms in total. The van der Waals surface area contributed by atoms with Crippen LogP contribution in [0.2, 0.25) is 5.02 Å². The highest BCUT2D eigenvalue weighted by Crippen LogP contribution is 2.30. The van der Waals surface area contributed by atoms with Crippen molar-refractivity contribution >= 4 is 29.2 Å². The van der Waals surface area contributed by atoms with Crippen molar-refractivity contribution in [3.63, 3.8) is 0 Å². The van der Waals surface area contributed by atoms with E-state index < -0.39 is 0 Å². The molecule has 32 heavy (non-hydrogen) atoms. The quantitative estimate of drug-likeness (QED) is 0.673. The number of urea groups is 1. The van der Waals surface area contributed by atoms with Gasteiger partial charge >= 0.3 is 6.03 Å². The third kappa shape index (κ3) is 5.61. The average molecular weight is 455 g/mol. The molecule has 0 unspecified atom stereocenters. The van der Waals surface area contributed by atoms with E-state index in [0.717, 1.165) is 29.4 Å². The number of hydrogen-bond donors (Lipinski definition) is 2. The molecule has 2 saturated heterocycles. The number of anilines is 1. The lowest BCUT2D eigenvalue weighted by molar-refractivity contribution is -0.126. The normalized spacial score (nSPS) is 18.3. The Morgan fingerprint density at radius 1 is 0.938 bits per heavy atom. The van der Waals surface area contributed by atoms with E-state index in [2.05, 4.69) is 21.6 Å². The number of nitrogens with zero attached hydrogens (tertiary/aromatic N) is 2.